The average Bonchev–Trinajstić information content (AvgIpc) is 2.47. The summed E-state index contributed by atoms with van der Waals surface area (Å²) in [7, 11) is 0. The Bertz CT molecular complexity index is 586. The van der Waals surface area contributed by atoms with E-state index in [0.29, 0.717) is 18.7 Å². The molecule has 1 aromatic rings. The predicted octanol–water partition coefficient (Wildman–Crippen LogP) is 3.41. The predicted molar refractivity (Wildman–Crippen MR) is 90.3 cm³/mol. The normalized spacial score (nSPS) is 21.6. The van der Waals surface area contributed by atoms with Gasteiger partial charge in [0.1, 0.15) is 5.60 Å². The van der Waals surface area contributed by atoms with Gasteiger partial charge in [-0.2, -0.15) is 0 Å². The molecule has 0 bridgehead atoms. The fourth-order valence-corrected chi connectivity index (χ4v) is 2.91. The van der Waals surface area contributed by atoms with Gasteiger partial charge < -0.3 is 20.1 Å². The van der Waals surface area contributed by atoms with Crippen LogP contribution in [-0.2, 0) is 11.3 Å². The van der Waals surface area contributed by atoms with Crippen molar-refractivity contribution in [2.45, 2.75) is 64.8 Å². The molecule has 6 heteroatoms. The van der Waals surface area contributed by atoms with Crippen molar-refractivity contribution in [3.05, 3.63) is 29.6 Å². The third-order valence-corrected chi connectivity index (χ3v) is 4.16. The second-order valence-corrected chi connectivity index (χ2v) is 7.37. The molecule has 134 valence electrons. The van der Waals surface area contributed by atoms with Gasteiger partial charge in [0.15, 0.2) is 11.6 Å². The van der Waals surface area contributed by atoms with Gasteiger partial charge in [-0.25, -0.2) is 9.18 Å². The molecule has 0 radical (unpaired) electrons. The van der Waals surface area contributed by atoms with Gasteiger partial charge in [0.25, 0.3) is 0 Å². The molecular formula is C18H27FN2O3. The molecule has 0 aromatic heterocycles. The summed E-state index contributed by atoms with van der Waals surface area (Å²) in [5.41, 5.74) is 0.0399. The summed E-state index contributed by atoms with van der Waals surface area (Å²) in [4.78, 5) is 14.0. The van der Waals surface area contributed by atoms with E-state index in [9.17, 15) is 14.3 Å². The van der Waals surface area contributed by atoms with Crippen LogP contribution in [0.25, 0.3) is 0 Å². The smallest absolute Gasteiger partial charge is 0.410 e. The highest BCUT2D eigenvalue weighted by molar-refractivity contribution is 5.68. The van der Waals surface area contributed by atoms with Gasteiger partial charge in [0.05, 0.1) is 0 Å². The lowest BCUT2D eigenvalue weighted by atomic mass is 9.98. The number of halogens is 1. The summed E-state index contributed by atoms with van der Waals surface area (Å²) in [5, 5.41) is 13.1. The topological polar surface area (TPSA) is 61.8 Å². The van der Waals surface area contributed by atoms with Gasteiger partial charge in [-0.1, -0.05) is 12.1 Å². The van der Waals surface area contributed by atoms with Gasteiger partial charge >= 0.3 is 6.09 Å². The summed E-state index contributed by atoms with van der Waals surface area (Å²) >= 11 is 0. The molecule has 1 fully saturated rings. The lowest BCUT2D eigenvalue weighted by Gasteiger charge is -2.38. The molecule has 5 nitrogen and oxygen atoms in total. The molecule has 2 rings (SSSR count). The number of phenols is 1. The van der Waals surface area contributed by atoms with Crippen molar-refractivity contribution in [2.24, 2.45) is 0 Å². The maximum absolute atomic E-state index is 13.3. The molecule has 2 unspecified atom stereocenters. The minimum atomic E-state index is -0.609. The monoisotopic (exact) mass is 338 g/mol. The second kappa shape index (κ2) is 7.38. The molecule has 1 saturated heterocycles. The number of nitrogens with zero attached hydrogens (tertiary/aromatic N) is 1. The van der Waals surface area contributed by atoms with E-state index in [1.54, 1.807) is 17.0 Å². The Hall–Kier alpha value is -1.82. The first-order valence-electron chi connectivity index (χ1n) is 8.36. The van der Waals surface area contributed by atoms with Crippen LogP contribution in [0.3, 0.4) is 0 Å². The Labute approximate surface area is 142 Å². The maximum Gasteiger partial charge on any atom is 0.410 e. The number of likely N-dealkylation sites (tertiary alicyclic amines) is 1. The number of piperidine rings is 1. The van der Waals surface area contributed by atoms with E-state index in [-0.39, 0.29) is 23.9 Å². The third-order valence-electron chi connectivity index (χ3n) is 4.16. The molecule has 1 amide bonds. The SMILES string of the molecule is CC1CC(NCc2cccc(F)c2O)CCN1C(=O)OC(C)(C)C. The quantitative estimate of drug-likeness (QED) is 0.887. The van der Waals surface area contributed by atoms with Crippen LogP contribution in [0, 0.1) is 5.82 Å². The van der Waals surface area contributed by atoms with Crippen molar-refractivity contribution in [2.75, 3.05) is 6.54 Å². The van der Waals surface area contributed by atoms with E-state index in [1.807, 2.05) is 27.7 Å². The van der Waals surface area contributed by atoms with Crippen LogP contribution in [0.5, 0.6) is 5.75 Å². The zero-order valence-corrected chi connectivity index (χ0v) is 14.8. The number of para-hydroxylation sites is 1. The Morgan fingerprint density at radius 2 is 2.17 bits per heavy atom. The van der Waals surface area contributed by atoms with E-state index >= 15 is 0 Å². The number of phenolic OH excluding ortho intramolecular Hbond substituents is 1. The zero-order chi connectivity index (χ0) is 17.9. The first-order chi connectivity index (χ1) is 11.2. The van der Waals surface area contributed by atoms with E-state index in [2.05, 4.69) is 5.32 Å². The van der Waals surface area contributed by atoms with E-state index in [0.717, 1.165) is 12.8 Å². The fourth-order valence-electron chi connectivity index (χ4n) is 2.91. The molecule has 2 N–H and O–H groups in total. The molecule has 0 saturated carbocycles. The number of carbonyl (C=O) groups excluding carboxylic acids is 1. The van der Waals surface area contributed by atoms with Crippen molar-refractivity contribution >= 4 is 6.09 Å². The van der Waals surface area contributed by atoms with Crippen LogP contribution in [0.15, 0.2) is 18.2 Å². The van der Waals surface area contributed by atoms with E-state index in [4.69, 9.17) is 4.74 Å². The first kappa shape index (κ1) is 18.5. The molecule has 0 aliphatic carbocycles. The standard InChI is InChI=1S/C18H27FN2O3/c1-12-10-14(8-9-21(12)17(23)24-18(2,3)4)20-11-13-6-5-7-15(19)16(13)22/h5-7,12,14,20,22H,8-11H2,1-4H3. The number of ether oxygens (including phenoxy) is 1. The molecule has 24 heavy (non-hydrogen) atoms. The van der Waals surface area contributed by atoms with Crippen molar-refractivity contribution in [3.63, 3.8) is 0 Å². The Morgan fingerprint density at radius 1 is 1.46 bits per heavy atom. The van der Waals surface area contributed by atoms with Crippen molar-refractivity contribution in [3.8, 4) is 5.75 Å². The summed E-state index contributed by atoms with van der Waals surface area (Å²) in [6, 6.07) is 4.79. The number of aromatic hydroxyl groups is 1. The molecule has 1 heterocycles. The van der Waals surface area contributed by atoms with E-state index in [1.165, 1.54) is 6.07 Å². The number of hydrogen-bond donors (Lipinski definition) is 2. The lowest BCUT2D eigenvalue weighted by Crippen LogP contribution is -2.50. The zero-order valence-electron chi connectivity index (χ0n) is 14.8. The van der Waals surface area contributed by atoms with E-state index < -0.39 is 11.4 Å². The minimum absolute atomic E-state index is 0.0622. The first-order valence-corrected chi connectivity index (χ1v) is 8.36. The fraction of sp³-hybridized carbons (Fsp3) is 0.611. The highest BCUT2D eigenvalue weighted by atomic mass is 19.1. The van der Waals surface area contributed by atoms with Gasteiger partial charge in [-0.3, -0.25) is 0 Å². The maximum atomic E-state index is 13.3. The Morgan fingerprint density at radius 3 is 2.79 bits per heavy atom. The molecule has 1 aliphatic rings. The molecule has 1 aromatic carbocycles. The third kappa shape index (κ3) is 4.84. The molecular weight excluding hydrogens is 311 g/mol. The average molecular weight is 338 g/mol. The number of hydrogen-bond acceptors (Lipinski definition) is 4. The summed E-state index contributed by atoms with van der Waals surface area (Å²) < 4.78 is 18.8. The molecule has 1 aliphatic heterocycles. The van der Waals surface area contributed by atoms with Crippen LogP contribution in [-0.4, -0.2) is 40.3 Å². The minimum Gasteiger partial charge on any atom is -0.505 e. The van der Waals surface area contributed by atoms with Gasteiger partial charge in [-0.15, -0.1) is 0 Å². The molecule has 0 spiro atoms. The van der Waals surface area contributed by atoms with Crippen LogP contribution in [0.1, 0.15) is 46.1 Å². The Balaban J connectivity index is 1.87. The number of amides is 1. The van der Waals surface area contributed by atoms with Crippen molar-refractivity contribution < 1.29 is 19.0 Å². The summed E-state index contributed by atoms with van der Waals surface area (Å²) in [5.74, 6) is -0.911. The van der Waals surface area contributed by atoms with Gasteiger partial charge in [0.2, 0.25) is 0 Å². The van der Waals surface area contributed by atoms with Crippen LogP contribution < -0.4 is 5.32 Å². The number of rotatable bonds is 3. The van der Waals surface area contributed by atoms with Gasteiger partial charge in [-0.05, 0) is 46.6 Å². The largest absolute Gasteiger partial charge is 0.505 e. The van der Waals surface area contributed by atoms with Gasteiger partial charge in [0, 0.05) is 30.7 Å². The Kier molecular flexibility index (Phi) is 5.70. The lowest BCUT2D eigenvalue weighted by molar-refractivity contribution is 0.00932. The number of carbonyl (C=O) groups is 1. The summed E-state index contributed by atoms with van der Waals surface area (Å²) in [6.45, 7) is 8.58. The van der Waals surface area contributed by atoms with Crippen molar-refractivity contribution in [1.29, 1.82) is 0 Å². The number of benzene rings is 1. The molecule has 2 atom stereocenters. The number of nitrogens with one attached hydrogen (secondary N) is 1. The highest BCUT2D eigenvalue weighted by Gasteiger charge is 2.31. The van der Waals surface area contributed by atoms with Crippen LogP contribution in [0.4, 0.5) is 9.18 Å². The van der Waals surface area contributed by atoms with Crippen molar-refractivity contribution in [1.82, 2.24) is 10.2 Å². The van der Waals surface area contributed by atoms with Crippen LogP contribution in [0.2, 0.25) is 0 Å². The van der Waals surface area contributed by atoms with Crippen LogP contribution >= 0.6 is 0 Å². The summed E-state index contributed by atoms with van der Waals surface area (Å²) in [6.07, 6.45) is 1.30. The second-order valence-electron chi connectivity index (χ2n) is 7.37. The highest BCUT2D eigenvalue weighted by Crippen LogP contribution is 2.23.